The summed E-state index contributed by atoms with van der Waals surface area (Å²) in [7, 11) is 0. The maximum Gasteiger partial charge on any atom is 0.343 e. The Morgan fingerprint density at radius 2 is 2.12 bits per heavy atom. The highest BCUT2D eigenvalue weighted by atomic mass is 32.2. The summed E-state index contributed by atoms with van der Waals surface area (Å²) in [5.41, 5.74) is 0.637. The Morgan fingerprint density at radius 1 is 1.33 bits per heavy atom. The van der Waals surface area contributed by atoms with Crippen LogP contribution in [0.15, 0.2) is 52.5 Å². The number of pyridine rings is 1. The molecular weight excluding hydrogens is 330 g/mol. The fourth-order valence-electron chi connectivity index (χ4n) is 2.27. The van der Waals surface area contributed by atoms with Gasteiger partial charge in [0.2, 0.25) is 0 Å². The third kappa shape index (κ3) is 2.95. The summed E-state index contributed by atoms with van der Waals surface area (Å²) < 4.78 is 5.09. The lowest BCUT2D eigenvalue weighted by atomic mass is 10.1. The van der Waals surface area contributed by atoms with E-state index in [0.29, 0.717) is 5.03 Å². The van der Waals surface area contributed by atoms with E-state index >= 15 is 0 Å². The van der Waals surface area contributed by atoms with E-state index in [9.17, 15) is 14.9 Å². The molecule has 0 fully saturated rings. The number of para-hydroxylation sites is 1. The fourth-order valence-corrected chi connectivity index (χ4v) is 3.31. The van der Waals surface area contributed by atoms with Crippen LogP contribution in [0.4, 0.5) is 11.4 Å². The molecule has 0 saturated carbocycles. The zero-order chi connectivity index (χ0) is 17.1. The van der Waals surface area contributed by atoms with Crippen molar-refractivity contribution in [3.8, 4) is 0 Å². The molecule has 2 heterocycles. The summed E-state index contributed by atoms with van der Waals surface area (Å²) in [6, 6.07) is 10.3. The standard InChI is InChI=1S/C16H13N3O4S/c1-2-23-16(20)13(14-11(19(21)22)7-5-9-17-14)15-18-10-6-3-4-8-12(10)24-15/h3-9,18H,2H2,1H3. The highest BCUT2D eigenvalue weighted by Crippen LogP contribution is 2.44. The number of carbonyl (C=O) groups is 1. The average molecular weight is 343 g/mol. The van der Waals surface area contributed by atoms with Gasteiger partial charge in [-0.1, -0.05) is 23.9 Å². The number of thioether (sulfide) groups is 1. The molecule has 122 valence electrons. The van der Waals surface area contributed by atoms with E-state index in [0.717, 1.165) is 10.6 Å². The number of aromatic nitrogens is 1. The van der Waals surface area contributed by atoms with Crippen molar-refractivity contribution in [2.45, 2.75) is 11.8 Å². The molecule has 0 amide bonds. The summed E-state index contributed by atoms with van der Waals surface area (Å²) in [4.78, 5) is 28.2. The Labute approximate surface area is 141 Å². The number of nitrogens with one attached hydrogen (secondary N) is 1. The summed E-state index contributed by atoms with van der Waals surface area (Å²) in [6.45, 7) is 1.84. The van der Waals surface area contributed by atoms with Crippen LogP contribution >= 0.6 is 11.8 Å². The third-order valence-corrected chi connectivity index (χ3v) is 4.36. The van der Waals surface area contributed by atoms with Gasteiger partial charge in [0.05, 0.1) is 22.2 Å². The Kier molecular flexibility index (Phi) is 4.48. The first-order valence-corrected chi connectivity index (χ1v) is 7.98. The van der Waals surface area contributed by atoms with Crippen molar-refractivity contribution >= 4 is 34.7 Å². The lowest BCUT2D eigenvalue weighted by Crippen LogP contribution is -2.13. The minimum absolute atomic E-state index is 0.0104. The van der Waals surface area contributed by atoms with Gasteiger partial charge in [-0.15, -0.1) is 0 Å². The molecule has 2 aromatic rings. The number of nitrogens with zero attached hydrogens (tertiary/aromatic N) is 2. The number of rotatable bonds is 4. The molecular formula is C16H13N3O4S. The van der Waals surface area contributed by atoms with Crippen LogP contribution in [-0.2, 0) is 9.53 Å². The Balaban J connectivity index is 2.15. The monoisotopic (exact) mass is 343 g/mol. The number of nitro groups is 1. The van der Waals surface area contributed by atoms with E-state index in [1.807, 2.05) is 24.3 Å². The van der Waals surface area contributed by atoms with Gasteiger partial charge in [0, 0.05) is 17.2 Å². The second-order valence-corrected chi connectivity index (χ2v) is 5.83. The summed E-state index contributed by atoms with van der Waals surface area (Å²) in [5, 5.41) is 14.9. The third-order valence-electron chi connectivity index (χ3n) is 3.27. The zero-order valence-electron chi connectivity index (χ0n) is 12.7. The normalized spacial score (nSPS) is 14.5. The van der Waals surface area contributed by atoms with E-state index in [2.05, 4.69) is 10.3 Å². The number of carbonyl (C=O) groups excluding carboxylic acids is 1. The van der Waals surface area contributed by atoms with Crippen LogP contribution in [0.5, 0.6) is 0 Å². The smallest absolute Gasteiger partial charge is 0.343 e. The van der Waals surface area contributed by atoms with Gasteiger partial charge in [0.1, 0.15) is 5.57 Å². The van der Waals surface area contributed by atoms with Crippen LogP contribution in [0.25, 0.3) is 5.57 Å². The van der Waals surface area contributed by atoms with Crippen LogP contribution < -0.4 is 5.32 Å². The molecule has 1 aromatic carbocycles. The van der Waals surface area contributed by atoms with Crippen LogP contribution in [0.1, 0.15) is 12.6 Å². The minimum atomic E-state index is -0.651. The largest absolute Gasteiger partial charge is 0.462 e. The van der Waals surface area contributed by atoms with E-state index in [-0.39, 0.29) is 23.6 Å². The molecule has 0 saturated heterocycles. The van der Waals surface area contributed by atoms with Crippen molar-refractivity contribution < 1.29 is 14.5 Å². The number of esters is 1. The van der Waals surface area contributed by atoms with Crippen molar-refractivity contribution in [3.05, 3.63) is 63.4 Å². The Bertz CT molecular complexity index is 824. The average Bonchev–Trinajstić information content (AvgIpc) is 2.99. The molecule has 24 heavy (non-hydrogen) atoms. The molecule has 1 aliphatic heterocycles. The predicted molar refractivity (Wildman–Crippen MR) is 90.4 cm³/mol. The van der Waals surface area contributed by atoms with Gasteiger partial charge >= 0.3 is 5.97 Å². The number of ether oxygens (including phenoxy) is 1. The number of fused-ring (bicyclic) bond motifs is 1. The Morgan fingerprint density at radius 3 is 2.83 bits per heavy atom. The van der Waals surface area contributed by atoms with Crippen LogP contribution in [0.3, 0.4) is 0 Å². The first-order chi connectivity index (χ1) is 11.6. The first kappa shape index (κ1) is 16.0. The van der Waals surface area contributed by atoms with Crippen molar-refractivity contribution in [1.29, 1.82) is 0 Å². The molecule has 1 aliphatic rings. The molecule has 7 nitrogen and oxygen atoms in total. The Hall–Kier alpha value is -2.87. The van der Waals surface area contributed by atoms with E-state index in [1.165, 1.54) is 30.1 Å². The summed E-state index contributed by atoms with van der Waals surface area (Å²) >= 11 is 1.32. The van der Waals surface area contributed by atoms with Crippen LogP contribution in [0, 0.1) is 10.1 Å². The summed E-state index contributed by atoms with van der Waals surface area (Å²) in [6.07, 6.45) is 1.41. The highest BCUT2D eigenvalue weighted by molar-refractivity contribution is 8.04. The molecule has 0 unspecified atom stereocenters. The number of anilines is 1. The van der Waals surface area contributed by atoms with E-state index in [1.54, 1.807) is 6.92 Å². The van der Waals surface area contributed by atoms with E-state index in [4.69, 9.17) is 4.74 Å². The van der Waals surface area contributed by atoms with Crippen molar-refractivity contribution in [2.75, 3.05) is 11.9 Å². The van der Waals surface area contributed by atoms with E-state index < -0.39 is 10.9 Å². The topological polar surface area (TPSA) is 94.4 Å². The van der Waals surface area contributed by atoms with Crippen LogP contribution in [-0.4, -0.2) is 22.5 Å². The van der Waals surface area contributed by atoms with Gasteiger partial charge < -0.3 is 10.1 Å². The van der Waals surface area contributed by atoms with Gasteiger partial charge in [-0.2, -0.15) is 0 Å². The maximum atomic E-state index is 12.5. The highest BCUT2D eigenvalue weighted by Gasteiger charge is 2.31. The number of hydrogen-bond acceptors (Lipinski definition) is 7. The predicted octanol–water partition coefficient (Wildman–Crippen LogP) is 3.44. The zero-order valence-corrected chi connectivity index (χ0v) is 13.5. The molecule has 1 N–H and O–H groups in total. The van der Waals surface area contributed by atoms with Gasteiger partial charge in [-0.05, 0) is 25.1 Å². The fraction of sp³-hybridized carbons (Fsp3) is 0.125. The molecule has 1 aromatic heterocycles. The second kappa shape index (κ2) is 6.71. The molecule has 3 rings (SSSR count). The van der Waals surface area contributed by atoms with Crippen LogP contribution in [0.2, 0.25) is 0 Å². The molecule has 8 heteroatoms. The van der Waals surface area contributed by atoms with Crippen molar-refractivity contribution in [3.63, 3.8) is 0 Å². The first-order valence-electron chi connectivity index (χ1n) is 7.17. The van der Waals surface area contributed by atoms with Gasteiger partial charge in [-0.25, -0.2) is 9.78 Å². The molecule has 0 bridgehead atoms. The van der Waals surface area contributed by atoms with Gasteiger partial charge in [0.25, 0.3) is 5.69 Å². The molecule has 0 radical (unpaired) electrons. The maximum absolute atomic E-state index is 12.5. The number of hydrogen-bond donors (Lipinski definition) is 1. The molecule has 0 aliphatic carbocycles. The molecule has 0 spiro atoms. The van der Waals surface area contributed by atoms with Crippen molar-refractivity contribution in [1.82, 2.24) is 4.98 Å². The quantitative estimate of drug-likeness (QED) is 0.393. The lowest BCUT2D eigenvalue weighted by Gasteiger charge is -2.10. The minimum Gasteiger partial charge on any atom is -0.462 e. The summed E-state index contributed by atoms with van der Waals surface area (Å²) in [5.74, 6) is -0.651. The number of benzene rings is 1. The lowest BCUT2D eigenvalue weighted by molar-refractivity contribution is -0.385. The molecule has 0 atom stereocenters. The van der Waals surface area contributed by atoms with Crippen molar-refractivity contribution in [2.24, 2.45) is 0 Å². The SMILES string of the molecule is CCOC(=O)C(=C1Nc2ccccc2S1)c1ncccc1[N+](=O)[O-]. The van der Waals surface area contributed by atoms with Gasteiger partial charge in [0.15, 0.2) is 5.69 Å². The second-order valence-electron chi connectivity index (χ2n) is 4.78. The van der Waals surface area contributed by atoms with Gasteiger partial charge in [-0.3, -0.25) is 10.1 Å².